The SMILES string of the molecule is COc1c(I)cc(/C=C2\SC(=Nc3ccccc3)N([C@H]3CCCC[C@H]3C)C2=O)cc1I. The Kier molecular flexibility index (Phi) is 7.64. The minimum absolute atomic E-state index is 0.0688. The molecule has 0 N–H and O–H groups in total. The van der Waals surface area contributed by atoms with Crippen molar-refractivity contribution in [3.8, 4) is 5.75 Å². The molecule has 1 saturated heterocycles. The quantitative estimate of drug-likeness (QED) is 0.261. The Morgan fingerprint density at radius 1 is 1.13 bits per heavy atom. The number of amidine groups is 1. The summed E-state index contributed by atoms with van der Waals surface area (Å²) in [4.78, 5) is 21.1. The van der Waals surface area contributed by atoms with Crippen LogP contribution in [0.3, 0.4) is 0 Å². The normalized spacial score (nSPS) is 24.3. The lowest BCUT2D eigenvalue weighted by atomic mass is 9.85. The number of para-hydroxylation sites is 1. The highest BCUT2D eigenvalue weighted by Gasteiger charge is 2.41. The first-order valence-electron chi connectivity index (χ1n) is 10.4. The van der Waals surface area contributed by atoms with Crippen LogP contribution in [-0.2, 0) is 4.79 Å². The van der Waals surface area contributed by atoms with Crippen molar-refractivity contribution >= 4 is 79.8 Å². The van der Waals surface area contributed by atoms with Gasteiger partial charge in [0.1, 0.15) is 5.75 Å². The van der Waals surface area contributed by atoms with Gasteiger partial charge in [0.05, 0.1) is 24.8 Å². The number of nitrogens with zero attached hydrogens (tertiary/aromatic N) is 2. The van der Waals surface area contributed by atoms with Crippen molar-refractivity contribution in [3.05, 3.63) is 60.1 Å². The molecule has 1 saturated carbocycles. The van der Waals surface area contributed by atoms with Crippen LogP contribution in [0.4, 0.5) is 5.69 Å². The van der Waals surface area contributed by atoms with Crippen LogP contribution in [0.25, 0.3) is 6.08 Å². The molecule has 0 radical (unpaired) electrons. The Balaban J connectivity index is 1.73. The highest BCUT2D eigenvalue weighted by molar-refractivity contribution is 14.1. The minimum Gasteiger partial charge on any atom is -0.495 e. The van der Waals surface area contributed by atoms with Crippen LogP contribution in [0.5, 0.6) is 5.75 Å². The van der Waals surface area contributed by atoms with Crippen molar-refractivity contribution in [2.75, 3.05) is 7.11 Å². The number of thioether (sulfide) groups is 1. The summed E-state index contributed by atoms with van der Waals surface area (Å²) in [5.74, 6) is 1.42. The summed E-state index contributed by atoms with van der Waals surface area (Å²) in [6, 6.07) is 14.2. The van der Waals surface area contributed by atoms with Crippen LogP contribution in [0.2, 0.25) is 0 Å². The third-order valence-corrected chi connectivity index (χ3v) is 8.32. The number of ether oxygens (including phenoxy) is 1. The van der Waals surface area contributed by atoms with E-state index in [4.69, 9.17) is 9.73 Å². The molecule has 4 nitrogen and oxygen atoms in total. The van der Waals surface area contributed by atoms with Crippen molar-refractivity contribution in [2.24, 2.45) is 10.9 Å². The average Bonchev–Trinajstić information content (AvgIpc) is 3.03. The second-order valence-electron chi connectivity index (χ2n) is 7.86. The lowest BCUT2D eigenvalue weighted by Crippen LogP contribution is -2.44. The lowest BCUT2D eigenvalue weighted by Gasteiger charge is -2.35. The predicted octanol–water partition coefficient (Wildman–Crippen LogP) is 7.09. The Morgan fingerprint density at radius 3 is 2.45 bits per heavy atom. The van der Waals surface area contributed by atoms with E-state index in [0.29, 0.717) is 5.92 Å². The molecule has 1 heterocycles. The number of carbonyl (C=O) groups is 1. The maximum Gasteiger partial charge on any atom is 0.267 e. The van der Waals surface area contributed by atoms with E-state index in [0.717, 1.165) is 53.5 Å². The summed E-state index contributed by atoms with van der Waals surface area (Å²) in [5.41, 5.74) is 1.88. The van der Waals surface area contributed by atoms with E-state index in [1.165, 1.54) is 18.2 Å². The molecule has 2 aromatic carbocycles. The van der Waals surface area contributed by atoms with Gasteiger partial charge < -0.3 is 4.74 Å². The largest absolute Gasteiger partial charge is 0.495 e. The Labute approximate surface area is 215 Å². The predicted molar refractivity (Wildman–Crippen MR) is 146 cm³/mol. The number of methoxy groups -OCH3 is 1. The van der Waals surface area contributed by atoms with E-state index in [2.05, 4.69) is 64.2 Å². The third kappa shape index (κ3) is 5.13. The van der Waals surface area contributed by atoms with Crippen molar-refractivity contribution in [3.63, 3.8) is 0 Å². The summed E-state index contributed by atoms with van der Waals surface area (Å²) < 4.78 is 7.54. The summed E-state index contributed by atoms with van der Waals surface area (Å²) in [6.07, 6.45) is 6.59. The van der Waals surface area contributed by atoms with Gasteiger partial charge >= 0.3 is 0 Å². The molecule has 2 atom stereocenters. The average molecular weight is 658 g/mol. The highest BCUT2D eigenvalue weighted by Crippen LogP contribution is 2.40. The van der Waals surface area contributed by atoms with Crippen LogP contribution < -0.4 is 4.74 Å². The van der Waals surface area contributed by atoms with E-state index in [1.807, 2.05) is 41.3 Å². The number of amides is 1. The van der Waals surface area contributed by atoms with Gasteiger partial charge in [-0.15, -0.1) is 0 Å². The van der Waals surface area contributed by atoms with Gasteiger partial charge in [0.2, 0.25) is 0 Å². The van der Waals surface area contributed by atoms with Crippen molar-refractivity contribution in [1.29, 1.82) is 0 Å². The molecule has 0 spiro atoms. The van der Waals surface area contributed by atoms with E-state index >= 15 is 0 Å². The van der Waals surface area contributed by atoms with Crippen molar-refractivity contribution in [2.45, 2.75) is 38.6 Å². The number of hydrogen-bond donors (Lipinski definition) is 0. The monoisotopic (exact) mass is 658 g/mol. The highest BCUT2D eigenvalue weighted by atomic mass is 127. The second kappa shape index (κ2) is 10.2. The number of halogens is 2. The first-order chi connectivity index (χ1) is 15.0. The Bertz CT molecular complexity index is 1020. The summed E-state index contributed by atoms with van der Waals surface area (Å²) in [6.45, 7) is 2.26. The van der Waals surface area contributed by atoms with Gasteiger partial charge in [-0.1, -0.05) is 38.0 Å². The molecule has 1 aliphatic carbocycles. The third-order valence-electron chi connectivity index (χ3n) is 5.74. The maximum atomic E-state index is 13.6. The zero-order chi connectivity index (χ0) is 22.0. The van der Waals surface area contributed by atoms with Crippen LogP contribution in [0, 0.1) is 13.1 Å². The number of hydrogen-bond acceptors (Lipinski definition) is 4. The molecule has 162 valence electrons. The zero-order valence-corrected chi connectivity index (χ0v) is 22.6. The van der Waals surface area contributed by atoms with E-state index < -0.39 is 0 Å². The number of rotatable bonds is 4. The van der Waals surface area contributed by atoms with Gasteiger partial charge in [-0.25, -0.2) is 4.99 Å². The number of carbonyl (C=O) groups excluding carboxylic acids is 1. The molecule has 4 rings (SSSR count). The van der Waals surface area contributed by atoms with E-state index in [9.17, 15) is 4.79 Å². The van der Waals surface area contributed by atoms with Gasteiger partial charge in [0, 0.05) is 6.04 Å². The summed E-state index contributed by atoms with van der Waals surface area (Å²) >= 11 is 6.04. The molecule has 1 aliphatic heterocycles. The first-order valence-corrected chi connectivity index (χ1v) is 13.3. The van der Waals surface area contributed by atoms with Crippen LogP contribution >= 0.6 is 56.9 Å². The van der Waals surface area contributed by atoms with E-state index in [1.54, 1.807) is 7.11 Å². The van der Waals surface area contributed by atoms with Gasteiger partial charge in [0.25, 0.3) is 5.91 Å². The van der Waals surface area contributed by atoms with Gasteiger partial charge in [-0.05, 0) is 112 Å². The smallest absolute Gasteiger partial charge is 0.267 e. The fourth-order valence-electron chi connectivity index (χ4n) is 4.16. The second-order valence-corrected chi connectivity index (χ2v) is 11.2. The van der Waals surface area contributed by atoms with Crippen LogP contribution in [-0.4, -0.2) is 29.1 Å². The zero-order valence-electron chi connectivity index (χ0n) is 17.5. The molecule has 0 aromatic heterocycles. The van der Waals surface area contributed by atoms with Crippen LogP contribution in [0.1, 0.15) is 38.2 Å². The molecular weight excluding hydrogens is 634 g/mol. The number of aliphatic imine (C=N–C) groups is 1. The van der Waals surface area contributed by atoms with Crippen molar-refractivity contribution in [1.82, 2.24) is 4.90 Å². The fourth-order valence-corrected chi connectivity index (χ4v) is 7.46. The standard InChI is InChI=1S/C24H24I2N2O2S/c1-15-8-6-7-11-20(15)28-23(29)21(31-24(28)27-17-9-4-3-5-10-17)14-16-12-18(25)22(30-2)19(26)13-16/h3-5,9-10,12-15,20H,6-8,11H2,1-2H3/b21-14-,27-24?/t15-,20+/m1/s1. The van der Waals surface area contributed by atoms with Gasteiger partial charge in [0.15, 0.2) is 5.17 Å². The van der Waals surface area contributed by atoms with E-state index in [-0.39, 0.29) is 11.9 Å². The molecule has 2 aliphatic rings. The maximum absolute atomic E-state index is 13.6. The molecule has 7 heteroatoms. The topological polar surface area (TPSA) is 41.9 Å². The number of benzene rings is 2. The van der Waals surface area contributed by atoms with Gasteiger partial charge in [-0.3, -0.25) is 9.69 Å². The van der Waals surface area contributed by atoms with Gasteiger partial charge in [-0.2, -0.15) is 0 Å². The molecule has 31 heavy (non-hydrogen) atoms. The Hall–Kier alpha value is -1.07. The summed E-state index contributed by atoms with van der Waals surface area (Å²) in [5, 5.41) is 0.791. The van der Waals surface area contributed by atoms with Crippen LogP contribution in [0.15, 0.2) is 52.4 Å². The summed E-state index contributed by atoms with van der Waals surface area (Å²) in [7, 11) is 1.68. The fraction of sp³-hybridized carbons (Fsp3) is 0.333. The Morgan fingerprint density at radius 2 is 1.81 bits per heavy atom. The molecular formula is C24H24I2N2O2S. The molecule has 2 aromatic rings. The minimum atomic E-state index is 0.0688. The molecule has 2 fully saturated rings. The molecule has 0 bridgehead atoms. The lowest BCUT2D eigenvalue weighted by molar-refractivity contribution is -0.124. The molecule has 1 amide bonds. The molecule has 0 unspecified atom stereocenters. The first kappa shape index (κ1) is 23.1. The van der Waals surface area contributed by atoms with Crippen molar-refractivity contribution < 1.29 is 9.53 Å².